The summed E-state index contributed by atoms with van der Waals surface area (Å²) in [7, 11) is -4.11. The molecular weight excluding hydrogens is 212 g/mol. The Labute approximate surface area is 81.2 Å². The number of sulfone groups is 1. The van der Waals surface area contributed by atoms with Gasteiger partial charge in [-0.25, -0.2) is 13.2 Å². The minimum atomic E-state index is -4.11. The number of amides is 1. The van der Waals surface area contributed by atoms with E-state index in [0.717, 1.165) is 13.8 Å². The fourth-order valence-corrected chi connectivity index (χ4v) is 1.44. The number of aliphatic carboxylic acids is 1. The van der Waals surface area contributed by atoms with Crippen molar-refractivity contribution in [2.75, 3.05) is 5.88 Å². The summed E-state index contributed by atoms with van der Waals surface area (Å²) in [6, 6.07) is 0. The van der Waals surface area contributed by atoms with Gasteiger partial charge < -0.3 is 16.2 Å². The molecule has 0 fully saturated rings. The van der Waals surface area contributed by atoms with Crippen LogP contribution in [0.25, 0.3) is 0 Å². The van der Waals surface area contributed by atoms with Crippen LogP contribution in [0.2, 0.25) is 0 Å². The van der Waals surface area contributed by atoms with Gasteiger partial charge >= 0.3 is 5.97 Å². The molecule has 0 radical (unpaired) electrons. The minimum absolute atomic E-state index is 0.574. The highest BCUT2D eigenvalue weighted by Crippen LogP contribution is 2.10. The van der Waals surface area contributed by atoms with Gasteiger partial charge in [-0.1, -0.05) is 0 Å². The molecule has 4 N–H and O–H groups in total. The molecule has 0 bridgehead atoms. The van der Waals surface area contributed by atoms with E-state index in [1.54, 1.807) is 0 Å². The zero-order chi connectivity index (χ0) is 11.6. The highest BCUT2D eigenvalue weighted by Gasteiger charge is 2.42. The highest BCUT2D eigenvalue weighted by atomic mass is 32.2. The summed E-state index contributed by atoms with van der Waals surface area (Å²) in [6.45, 7) is 1.97. The molecule has 0 aliphatic carbocycles. The van der Waals surface area contributed by atoms with E-state index in [1.165, 1.54) is 0 Å². The fraction of sp³-hybridized carbons (Fsp3) is 0.667. The largest absolute Gasteiger partial charge is 0.479 e. The maximum atomic E-state index is 11.3. The van der Waals surface area contributed by atoms with Crippen molar-refractivity contribution in [2.45, 2.75) is 18.7 Å². The molecule has 0 rings (SSSR count). The van der Waals surface area contributed by atoms with Crippen LogP contribution >= 0.6 is 0 Å². The third kappa shape index (κ3) is 2.67. The molecule has 8 heteroatoms. The summed E-state index contributed by atoms with van der Waals surface area (Å²) in [4.78, 5) is 18.5. The standard InChI is InChI=1S/C6H12N2O5S/c1-4(9)8-3-14(12,13)6(2,7)5(10)11/h3,7H2,1-2H3,(H,8,9)(H,10,11). The number of nitrogens with two attached hydrogens (primary N) is 1. The molecule has 0 spiro atoms. The summed E-state index contributed by atoms with van der Waals surface area (Å²) in [6.07, 6.45) is 0. The molecule has 14 heavy (non-hydrogen) atoms. The van der Waals surface area contributed by atoms with Gasteiger partial charge in [0.15, 0.2) is 9.84 Å². The van der Waals surface area contributed by atoms with Crippen molar-refractivity contribution in [1.82, 2.24) is 5.32 Å². The van der Waals surface area contributed by atoms with Gasteiger partial charge in [0, 0.05) is 6.92 Å². The molecule has 1 amide bonds. The van der Waals surface area contributed by atoms with Gasteiger partial charge in [-0.05, 0) is 6.92 Å². The van der Waals surface area contributed by atoms with Gasteiger partial charge in [-0.3, -0.25) is 4.79 Å². The van der Waals surface area contributed by atoms with E-state index in [9.17, 15) is 18.0 Å². The van der Waals surface area contributed by atoms with Crippen LogP contribution in [0.3, 0.4) is 0 Å². The summed E-state index contributed by atoms with van der Waals surface area (Å²) in [5.74, 6) is -3.03. The number of carbonyl (C=O) groups is 2. The van der Waals surface area contributed by atoms with Crippen molar-refractivity contribution in [2.24, 2.45) is 5.73 Å². The van der Waals surface area contributed by atoms with Gasteiger partial charge in [0.05, 0.1) is 0 Å². The van der Waals surface area contributed by atoms with E-state index >= 15 is 0 Å². The van der Waals surface area contributed by atoms with E-state index < -0.39 is 32.5 Å². The first-order valence-corrected chi connectivity index (χ1v) is 5.25. The third-order valence-electron chi connectivity index (χ3n) is 1.58. The lowest BCUT2D eigenvalue weighted by atomic mass is 10.4. The lowest BCUT2D eigenvalue weighted by Gasteiger charge is -2.19. The Hall–Kier alpha value is -1.15. The van der Waals surface area contributed by atoms with Gasteiger partial charge in [0.25, 0.3) is 0 Å². The lowest BCUT2D eigenvalue weighted by Crippen LogP contribution is -2.54. The molecule has 82 valence electrons. The van der Waals surface area contributed by atoms with Crippen molar-refractivity contribution in [3.05, 3.63) is 0 Å². The molecule has 0 aromatic rings. The summed E-state index contributed by atoms with van der Waals surface area (Å²) in [5.41, 5.74) is 5.08. The number of carboxylic acids is 1. The molecule has 1 atom stereocenters. The Morgan fingerprint density at radius 3 is 2.21 bits per heavy atom. The van der Waals surface area contributed by atoms with Crippen LogP contribution < -0.4 is 11.1 Å². The summed E-state index contributed by atoms with van der Waals surface area (Å²) in [5, 5.41) is 10.5. The predicted octanol–water partition coefficient (Wildman–Crippen LogP) is -1.75. The van der Waals surface area contributed by atoms with Crippen LogP contribution in [0, 0.1) is 0 Å². The van der Waals surface area contributed by atoms with Crippen molar-refractivity contribution in [1.29, 1.82) is 0 Å². The molecule has 0 aliphatic rings. The first-order chi connectivity index (χ1) is 6.11. The Morgan fingerprint density at radius 2 is 1.93 bits per heavy atom. The summed E-state index contributed by atoms with van der Waals surface area (Å²) < 4.78 is 22.6. The minimum Gasteiger partial charge on any atom is -0.479 e. The second kappa shape index (κ2) is 3.93. The Kier molecular flexibility index (Phi) is 3.60. The molecule has 0 heterocycles. The predicted molar refractivity (Wildman–Crippen MR) is 47.8 cm³/mol. The maximum absolute atomic E-state index is 11.3. The van der Waals surface area contributed by atoms with Gasteiger partial charge in [0.2, 0.25) is 10.8 Å². The molecule has 0 saturated carbocycles. The van der Waals surface area contributed by atoms with Crippen molar-refractivity contribution in [3.63, 3.8) is 0 Å². The Bertz CT molecular complexity index is 345. The van der Waals surface area contributed by atoms with E-state index in [-0.39, 0.29) is 0 Å². The zero-order valence-electron chi connectivity index (χ0n) is 7.77. The van der Waals surface area contributed by atoms with Gasteiger partial charge in [-0.15, -0.1) is 0 Å². The Balaban J connectivity index is 4.80. The number of carbonyl (C=O) groups excluding carboxylic acids is 1. The van der Waals surface area contributed by atoms with Gasteiger partial charge in [0.1, 0.15) is 5.88 Å². The molecule has 0 saturated heterocycles. The van der Waals surface area contributed by atoms with Crippen molar-refractivity contribution in [3.8, 4) is 0 Å². The molecular formula is C6H12N2O5S. The first-order valence-electron chi connectivity index (χ1n) is 3.60. The van der Waals surface area contributed by atoms with E-state index in [0.29, 0.717) is 0 Å². The second-order valence-corrected chi connectivity index (χ2v) is 5.27. The van der Waals surface area contributed by atoms with Crippen LogP contribution in [-0.4, -0.2) is 36.1 Å². The number of hydrogen-bond acceptors (Lipinski definition) is 5. The third-order valence-corrected chi connectivity index (χ3v) is 3.57. The van der Waals surface area contributed by atoms with Crippen LogP contribution in [0.15, 0.2) is 0 Å². The number of hydrogen-bond donors (Lipinski definition) is 3. The first kappa shape index (κ1) is 12.8. The second-order valence-electron chi connectivity index (χ2n) is 2.90. The van der Waals surface area contributed by atoms with Crippen molar-refractivity contribution >= 4 is 21.7 Å². The van der Waals surface area contributed by atoms with E-state index in [2.05, 4.69) is 0 Å². The monoisotopic (exact) mass is 224 g/mol. The number of nitrogens with one attached hydrogen (secondary N) is 1. The SMILES string of the molecule is CC(=O)NCS(=O)(=O)C(C)(N)C(=O)O. The molecule has 0 aromatic carbocycles. The number of carboxylic acid groups (broad SMARTS) is 1. The van der Waals surface area contributed by atoms with Gasteiger partial charge in [-0.2, -0.15) is 0 Å². The van der Waals surface area contributed by atoms with Crippen LogP contribution in [0.4, 0.5) is 0 Å². The molecule has 1 unspecified atom stereocenters. The number of rotatable bonds is 4. The molecule has 0 aromatic heterocycles. The maximum Gasteiger partial charge on any atom is 0.339 e. The Morgan fingerprint density at radius 1 is 1.50 bits per heavy atom. The molecule has 0 aliphatic heterocycles. The zero-order valence-corrected chi connectivity index (χ0v) is 8.59. The topological polar surface area (TPSA) is 127 Å². The van der Waals surface area contributed by atoms with E-state index in [4.69, 9.17) is 10.8 Å². The van der Waals surface area contributed by atoms with Crippen LogP contribution in [0.5, 0.6) is 0 Å². The highest BCUT2D eigenvalue weighted by molar-refractivity contribution is 7.93. The average Bonchev–Trinajstić information content (AvgIpc) is 2.00. The lowest BCUT2D eigenvalue weighted by molar-refractivity contribution is -0.139. The average molecular weight is 224 g/mol. The molecule has 7 nitrogen and oxygen atoms in total. The van der Waals surface area contributed by atoms with Crippen molar-refractivity contribution < 1.29 is 23.1 Å². The summed E-state index contributed by atoms with van der Waals surface area (Å²) >= 11 is 0. The van der Waals surface area contributed by atoms with E-state index in [1.807, 2.05) is 5.32 Å². The normalized spacial score (nSPS) is 15.6. The van der Waals surface area contributed by atoms with Crippen LogP contribution in [-0.2, 0) is 19.4 Å². The quantitative estimate of drug-likeness (QED) is 0.520. The fourth-order valence-electron chi connectivity index (χ4n) is 0.480. The van der Waals surface area contributed by atoms with Crippen LogP contribution in [0.1, 0.15) is 13.8 Å². The smallest absolute Gasteiger partial charge is 0.339 e.